The van der Waals surface area contributed by atoms with E-state index in [1.54, 1.807) is 0 Å². The van der Waals surface area contributed by atoms with E-state index in [9.17, 15) is 0 Å². The van der Waals surface area contributed by atoms with Gasteiger partial charge in [-0.05, 0) is 54.6 Å². The maximum absolute atomic E-state index is 6.41. The van der Waals surface area contributed by atoms with Crippen molar-refractivity contribution in [2.24, 2.45) is 0 Å². The molecule has 0 aliphatic heterocycles. The number of benzene rings is 4. The minimum absolute atomic E-state index is 0.825. The normalized spacial score (nSPS) is 12.0. The Labute approximate surface area is 200 Å². The lowest BCUT2D eigenvalue weighted by atomic mass is 10.1. The van der Waals surface area contributed by atoms with Crippen molar-refractivity contribution in [3.8, 4) is 11.4 Å². The highest BCUT2D eigenvalue weighted by atomic mass is 16.3. The van der Waals surface area contributed by atoms with Crippen LogP contribution in [-0.2, 0) is 0 Å². The van der Waals surface area contributed by atoms with Crippen molar-refractivity contribution in [1.82, 2.24) is 14.1 Å². The molecular formula is C31H19N3O. The third kappa shape index (κ3) is 2.48. The zero-order valence-electron chi connectivity index (χ0n) is 18.7. The molecule has 0 fully saturated rings. The summed E-state index contributed by atoms with van der Waals surface area (Å²) in [6.07, 6.45) is 1.85. The highest BCUT2D eigenvalue weighted by Gasteiger charge is 2.21. The number of aromatic nitrogens is 3. The molecule has 0 N–H and O–H groups in total. The molecule has 0 bridgehead atoms. The molecule has 0 atom stereocenters. The molecule has 4 heterocycles. The fourth-order valence-corrected chi connectivity index (χ4v) is 5.51. The summed E-state index contributed by atoms with van der Waals surface area (Å²) < 4.78 is 10.9. The van der Waals surface area contributed by atoms with E-state index in [-0.39, 0.29) is 0 Å². The second kappa shape index (κ2) is 6.84. The van der Waals surface area contributed by atoms with Gasteiger partial charge in [-0.2, -0.15) is 0 Å². The van der Waals surface area contributed by atoms with E-state index < -0.39 is 0 Å². The number of pyridine rings is 1. The molecule has 0 radical (unpaired) electrons. The topological polar surface area (TPSA) is 35.9 Å². The Morgan fingerprint density at radius 1 is 0.543 bits per heavy atom. The molecule has 0 amide bonds. The van der Waals surface area contributed by atoms with Crippen molar-refractivity contribution in [2.45, 2.75) is 0 Å². The van der Waals surface area contributed by atoms with Crippen LogP contribution in [0.2, 0.25) is 0 Å². The third-order valence-electron chi connectivity index (χ3n) is 6.97. The Morgan fingerprint density at radius 2 is 1.29 bits per heavy atom. The highest BCUT2D eigenvalue weighted by molar-refractivity contribution is 6.18. The molecule has 0 unspecified atom stereocenters. The van der Waals surface area contributed by atoms with Gasteiger partial charge in [0.1, 0.15) is 11.1 Å². The highest BCUT2D eigenvalue weighted by Crippen LogP contribution is 2.39. The van der Waals surface area contributed by atoms with Gasteiger partial charge in [-0.1, -0.05) is 54.6 Å². The summed E-state index contributed by atoms with van der Waals surface area (Å²) in [5, 5.41) is 4.58. The smallest absolute Gasteiger partial charge is 0.215 e. The molecule has 8 aromatic rings. The summed E-state index contributed by atoms with van der Waals surface area (Å²) in [7, 11) is 0. The van der Waals surface area contributed by atoms with E-state index in [2.05, 4.69) is 94.1 Å². The van der Waals surface area contributed by atoms with Crippen LogP contribution < -0.4 is 0 Å². The summed E-state index contributed by atoms with van der Waals surface area (Å²) >= 11 is 0. The van der Waals surface area contributed by atoms with Crippen molar-refractivity contribution in [1.29, 1.82) is 0 Å². The summed E-state index contributed by atoms with van der Waals surface area (Å²) in [5.74, 6) is 0. The Hall–Kier alpha value is -4.83. The van der Waals surface area contributed by atoms with E-state index in [0.29, 0.717) is 0 Å². The van der Waals surface area contributed by atoms with Crippen molar-refractivity contribution >= 4 is 54.9 Å². The average Bonchev–Trinajstić information content (AvgIpc) is 3.55. The van der Waals surface area contributed by atoms with Crippen LogP contribution in [0.15, 0.2) is 120 Å². The van der Waals surface area contributed by atoms with Gasteiger partial charge in [0.05, 0.1) is 21.9 Å². The molecule has 35 heavy (non-hydrogen) atoms. The quantitative estimate of drug-likeness (QED) is 0.268. The molecule has 4 heteroatoms. The van der Waals surface area contributed by atoms with Gasteiger partial charge in [-0.15, -0.1) is 0 Å². The van der Waals surface area contributed by atoms with Crippen molar-refractivity contribution in [3.05, 3.63) is 115 Å². The zero-order valence-corrected chi connectivity index (χ0v) is 18.7. The van der Waals surface area contributed by atoms with Gasteiger partial charge in [0.25, 0.3) is 0 Å². The molecule has 164 valence electrons. The molecule has 0 aliphatic rings. The molecule has 0 spiro atoms. The summed E-state index contributed by atoms with van der Waals surface area (Å²) in [4.78, 5) is 4.75. The first-order chi connectivity index (χ1) is 17.4. The van der Waals surface area contributed by atoms with Crippen molar-refractivity contribution in [3.63, 3.8) is 0 Å². The van der Waals surface area contributed by atoms with E-state index in [4.69, 9.17) is 9.40 Å². The minimum atomic E-state index is 0.825. The Bertz CT molecular complexity index is 2060. The fraction of sp³-hybridized carbons (Fsp3) is 0. The Morgan fingerprint density at radius 3 is 2.20 bits per heavy atom. The maximum Gasteiger partial charge on any atom is 0.215 e. The van der Waals surface area contributed by atoms with Gasteiger partial charge >= 0.3 is 0 Å². The first-order valence-electron chi connectivity index (χ1n) is 11.7. The van der Waals surface area contributed by atoms with Gasteiger partial charge < -0.3 is 8.98 Å². The maximum atomic E-state index is 6.41. The van der Waals surface area contributed by atoms with E-state index in [1.807, 2.05) is 30.5 Å². The van der Waals surface area contributed by atoms with Crippen LogP contribution in [0.3, 0.4) is 0 Å². The van der Waals surface area contributed by atoms with Crippen LogP contribution >= 0.6 is 0 Å². The van der Waals surface area contributed by atoms with Gasteiger partial charge in [0, 0.05) is 33.7 Å². The first-order valence-corrected chi connectivity index (χ1v) is 11.7. The predicted octanol–water partition coefficient (Wildman–Crippen LogP) is 8.02. The van der Waals surface area contributed by atoms with Crippen LogP contribution in [0.25, 0.3) is 66.3 Å². The monoisotopic (exact) mass is 449 g/mol. The van der Waals surface area contributed by atoms with Gasteiger partial charge in [0.2, 0.25) is 5.71 Å². The number of para-hydroxylation sites is 3. The van der Waals surface area contributed by atoms with E-state index >= 15 is 0 Å². The van der Waals surface area contributed by atoms with Crippen LogP contribution in [0, 0.1) is 0 Å². The summed E-state index contributed by atoms with van der Waals surface area (Å²) in [6.45, 7) is 0. The molecule has 4 nitrogen and oxygen atoms in total. The Balaban J connectivity index is 1.49. The van der Waals surface area contributed by atoms with Crippen LogP contribution in [0.1, 0.15) is 0 Å². The first kappa shape index (κ1) is 18.6. The number of furan rings is 1. The van der Waals surface area contributed by atoms with Crippen LogP contribution in [-0.4, -0.2) is 14.1 Å². The van der Waals surface area contributed by atoms with Crippen molar-refractivity contribution in [2.75, 3.05) is 0 Å². The molecule has 8 rings (SSSR count). The lowest BCUT2D eigenvalue weighted by Crippen LogP contribution is -1.95. The number of hydrogen-bond acceptors (Lipinski definition) is 2. The molecule has 4 aromatic carbocycles. The Kier molecular flexibility index (Phi) is 3.63. The molecule has 0 saturated heterocycles. The van der Waals surface area contributed by atoms with Gasteiger partial charge in [0.15, 0.2) is 0 Å². The molecule has 4 aromatic heterocycles. The molecular weight excluding hydrogens is 430 g/mol. The van der Waals surface area contributed by atoms with E-state index in [0.717, 1.165) is 44.5 Å². The minimum Gasteiger partial charge on any atom is -0.439 e. The average molecular weight is 450 g/mol. The summed E-state index contributed by atoms with van der Waals surface area (Å²) in [6, 6.07) is 38.1. The lowest BCUT2D eigenvalue weighted by molar-refractivity contribution is 0.645. The standard InChI is InChI=1S/C31H19N3O/c1-2-9-20(10-3-1)33-25-13-6-4-11-22(25)24-19-21(16-17-26(24)33)34-27-14-8-18-32-30(27)29-23-12-5-7-15-28(23)35-31(29)34/h1-19H. The third-order valence-corrected chi connectivity index (χ3v) is 6.97. The zero-order chi connectivity index (χ0) is 22.9. The molecule has 0 saturated carbocycles. The lowest BCUT2D eigenvalue weighted by Gasteiger charge is -2.09. The van der Waals surface area contributed by atoms with Gasteiger partial charge in [-0.25, -0.2) is 0 Å². The largest absolute Gasteiger partial charge is 0.439 e. The second-order valence-corrected chi connectivity index (χ2v) is 8.87. The van der Waals surface area contributed by atoms with Crippen molar-refractivity contribution < 1.29 is 4.42 Å². The predicted molar refractivity (Wildman–Crippen MR) is 143 cm³/mol. The number of nitrogens with zero attached hydrogens (tertiary/aromatic N) is 3. The number of fused-ring (bicyclic) bond motifs is 8. The molecule has 0 aliphatic carbocycles. The SMILES string of the molecule is c1ccc(-n2c3ccccc3c3cc(-n4c5cccnc5c5c6ccccc6oc54)ccc32)cc1. The van der Waals surface area contributed by atoms with Crippen LogP contribution in [0.5, 0.6) is 0 Å². The van der Waals surface area contributed by atoms with E-state index in [1.165, 1.54) is 21.8 Å². The number of rotatable bonds is 2. The number of hydrogen-bond donors (Lipinski definition) is 0. The summed E-state index contributed by atoms with van der Waals surface area (Å²) in [5.41, 5.74) is 8.28. The van der Waals surface area contributed by atoms with Gasteiger partial charge in [-0.3, -0.25) is 9.55 Å². The fourth-order valence-electron chi connectivity index (χ4n) is 5.51. The van der Waals surface area contributed by atoms with Crippen LogP contribution in [0.4, 0.5) is 0 Å². The second-order valence-electron chi connectivity index (χ2n) is 8.87.